The van der Waals surface area contributed by atoms with E-state index in [4.69, 9.17) is 28.9 Å². The molecule has 1 aliphatic heterocycles. The molecule has 1 aromatic heterocycles. The molecular formula is C15H21Cl2N5O2. The summed E-state index contributed by atoms with van der Waals surface area (Å²) >= 11 is 11.8. The van der Waals surface area contributed by atoms with Gasteiger partial charge in [0.1, 0.15) is 0 Å². The second-order valence-electron chi connectivity index (χ2n) is 5.76. The lowest BCUT2D eigenvalue weighted by molar-refractivity contribution is -0.142. The third kappa shape index (κ3) is 4.09. The highest BCUT2D eigenvalue weighted by molar-refractivity contribution is 6.36. The van der Waals surface area contributed by atoms with Crippen LogP contribution in [0, 0.1) is 5.92 Å². The summed E-state index contributed by atoms with van der Waals surface area (Å²) in [7, 11) is 0. The minimum absolute atomic E-state index is 0.0374. The summed E-state index contributed by atoms with van der Waals surface area (Å²) in [4.78, 5) is 29.0. The molecule has 2 atom stereocenters. The molecule has 24 heavy (non-hydrogen) atoms. The van der Waals surface area contributed by atoms with E-state index in [0.717, 1.165) is 6.42 Å². The smallest absolute Gasteiger partial charge is 0.320 e. The van der Waals surface area contributed by atoms with Crippen molar-refractivity contribution in [3.63, 3.8) is 0 Å². The van der Waals surface area contributed by atoms with Crippen LogP contribution in [-0.2, 0) is 4.79 Å². The molecule has 0 bridgehead atoms. The van der Waals surface area contributed by atoms with Crippen LogP contribution in [0.25, 0.3) is 0 Å². The molecule has 7 nitrogen and oxygen atoms in total. The first-order valence-electron chi connectivity index (χ1n) is 7.81. The Morgan fingerprint density at radius 2 is 2.04 bits per heavy atom. The van der Waals surface area contributed by atoms with Crippen molar-refractivity contribution in [2.75, 3.05) is 18.4 Å². The number of pyridine rings is 1. The van der Waals surface area contributed by atoms with Gasteiger partial charge in [-0.05, 0) is 18.4 Å². The van der Waals surface area contributed by atoms with Crippen LogP contribution in [0.4, 0.5) is 10.6 Å². The summed E-state index contributed by atoms with van der Waals surface area (Å²) < 4.78 is 0. The maximum absolute atomic E-state index is 12.5. The van der Waals surface area contributed by atoms with Gasteiger partial charge in [0.2, 0.25) is 0 Å². The number of hydrogen-bond donors (Lipinski definition) is 2. The van der Waals surface area contributed by atoms with Gasteiger partial charge in [0.05, 0.1) is 16.1 Å². The highest BCUT2D eigenvalue weighted by Crippen LogP contribution is 2.24. The molecule has 0 saturated carbocycles. The SMILES string of the molecule is CCC(C)C(N)C(=O)N1CCCN1C(=O)Nc1ncc(Cl)cc1Cl. The van der Waals surface area contributed by atoms with E-state index in [1.807, 2.05) is 13.8 Å². The lowest BCUT2D eigenvalue weighted by Gasteiger charge is -2.31. The highest BCUT2D eigenvalue weighted by atomic mass is 35.5. The molecule has 132 valence electrons. The van der Waals surface area contributed by atoms with Crippen molar-refractivity contribution >= 4 is 41.0 Å². The number of nitrogens with one attached hydrogen (secondary N) is 1. The van der Waals surface area contributed by atoms with Gasteiger partial charge in [-0.2, -0.15) is 0 Å². The summed E-state index contributed by atoms with van der Waals surface area (Å²) in [5.74, 6) is -0.0286. The van der Waals surface area contributed by atoms with E-state index in [9.17, 15) is 9.59 Å². The van der Waals surface area contributed by atoms with Crippen molar-refractivity contribution in [2.45, 2.75) is 32.7 Å². The van der Waals surface area contributed by atoms with E-state index in [1.165, 1.54) is 22.3 Å². The molecule has 2 heterocycles. The molecule has 0 spiro atoms. The lowest BCUT2D eigenvalue weighted by atomic mass is 9.99. The largest absolute Gasteiger partial charge is 0.341 e. The van der Waals surface area contributed by atoms with Gasteiger partial charge in [0.25, 0.3) is 5.91 Å². The summed E-state index contributed by atoms with van der Waals surface area (Å²) in [6.45, 7) is 4.77. The predicted molar refractivity (Wildman–Crippen MR) is 93.7 cm³/mol. The molecule has 0 aromatic carbocycles. The van der Waals surface area contributed by atoms with Crippen LogP contribution in [0.2, 0.25) is 10.0 Å². The number of amides is 3. The highest BCUT2D eigenvalue weighted by Gasteiger charge is 2.35. The number of carbonyl (C=O) groups excluding carboxylic acids is 2. The Labute approximate surface area is 151 Å². The van der Waals surface area contributed by atoms with Crippen LogP contribution in [0.5, 0.6) is 0 Å². The molecular weight excluding hydrogens is 353 g/mol. The molecule has 1 aliphatic rings. The topological polar surface area (TPSA) is 91.6 Å². The third-order valence-corrected chi connectivity index (χ3v) is 4.59. The maximum atomic E-state index is 12.5. The van der Waals surface area contributed by atoms with Crippen molar-refractivity contribution < 1.29 is 9.59 Å². The predicted octanol–water partition coefficient (Wildman–Crippen LogP) is 2.74. The number of nitrogens with zero attached hydrogens (tertiary/aromatic N) is 3. The van der Waals surface area contributed by atoms with Gasteiger partial charge in [-0.3, -0.25) is 10.1 Å². The summed E-state index contributed by atoms with van der Waals surface area (Å²) in [5, 5.41) is 5.94. The van der Waals surface area contributed by atoms with Gasteiger partial charge in [-0.25, -0.2) is 19.8 Å². The average molecular weight is 374 g/mol. The van der Waals surface area contributed by atoms with Crippen molar-refractivity contribution in [3.05, 3.63) is 22.3 Å². The molecule has 3 N–H and O–H groups in total. The molecule has 1 fully saturated rings. The molecule has 1 saturated heterocycles. The lowest BCUT2D eigenvalue weighted by Crippen LogP contribution is -2.53. The number of carbonyl (C=O) groups is 2. The molecule has 1 aromatic rings. The quantitative estimate of drug-likeness (QED) is 0.848. The number of urea groups is 1. The van der Waals surface area contributed by atoms with Crippen molar-refractivity contribution in [1.29, 1.82) is 0 Å². The first-order valence-corrected chi connectivity index (χ1v) is 8.57. The molecule has 2 unspecified atom stereocenters. The van der Waals surface area contributed by atoms with Gasteiger partial charge in [0, 0.05) is 19.3 Å². The van der Waals surface area contributed by atoms with Gasteiger partial charge in [0.15, 0.2) is 5.82 Å². The Bertz CT molecular complexity index is 628. The van der Waals surface area contributed by atoms with E-state index in [2.05, 4.69) is 10.3 Å². The fourth-order valence-corrected chi connectivity index (χ4v) is 2.82. The summed E-state index contributed by atoms with van der Waals surface area (Å²) in [5.41, 5.74) is 6.01. The van der Waals surface area contributed by atoms with Crippen LogP contribution < -0.4 is 11.1 Å². The van der Waals surface area contributed by atoms with Crippen LogP contribution in [0.3, 0.4) is 0 Å². The summed E-state index contributed by atoms with van der Waals surface area (Å²) in [6, 6.07) is 0.367. The Morgan fingerprint density at radius 3 is 2.67 bits per heavy atom. The molecule has 0 aliphatic carbocycles. The van der Waals surface area contributed by atoms with Crippen molar-refractivity contribution in [3.8, 4) is 0 Å². The zero-order valence-corrected chi connectivity index (χ0v) is 15.1. The zero-order chi connectivity index (χ0) is 17.9. The monoisotopic (exact) mass is 373 g/mol. The van der Waals surface area contributed by atoms with E-state index in [0.29, 0.717) is 24.5 Å². The maximum Gasteiger partial charge on any atom is 0.341 e. The molecule has 0 radical (unpaired) electrons. The van der Waals surface area contributed by atoms with Crippen molar-refractivity contribution in [1.82, 2.24) is 15.0 Å². The zero-order valence-electron chi connectivity index (χ0n) is 13.6. The molecule has 3 amide bonds. The van der Waals surface area contributed by atoms with Gasteiger partial charge < -0.3 is 5.73 Å². The minimum Gasteiger partial charge on any atom is -0.320 e. The second kappa shape index (κ2) is 8.00. The normalized spacial score (nSPS) is 16.9. The van der Waals surface area contributed by atoms with E-state index in [-0.39, 0.29) is 22.7 Å². The van der Waals surface area contributed by atoms with Crippen LogP contribution in [-0.4, -0.2) is 46.1 Å². The number of anilines is 1. The van der Waals surface area contributed by atoms with Gasteiger partial charge in [-0.1, -0.05) is 43.5 Å². The van der Waals surface area contributed by atoms with Gasteiger partial charge >= 0.3 is 6.03 Å². The van der Waals surface area contributed by atoms with E-state index < -0.39 is 12.1 Å². The fourth-order valence-electron chi connectivity index (χ4n) is 2.39. The average Bonchev–Trinajstić information content (AvgIpc) is 3.04. The number of hydrogen-bond acceptors (Lipinski definition) is 4. The Hall–Kier alpha value is -1.57. The van der Waals surface area contributed by atoms with Crippen molar-refractivity contribution in [2.24, 2.45) is 11.7 Å². The summed E-state index contributed by atoms with van der Waals surface area (Å²) in [6.07, 6.45) is 2.86. The van der Waals surface area contributed by atoms with Crippen LogP contribution >= 0.6 is 23.2 Å². The third-order valence-electron chi connectivity index (χ3n) is 4.10. The first kappa shape index (κ1) is 18.8. The first-order chi connectivity index (χ1) is 11.3. The van der Waals surface area contributed by atoms with Crippen LogP contribution in [0.15, 0.2) is 12.3 Å². The Morgan fingerprint density at radius 1 is 1.38 bits per heavy atom. The van der Waals surface area contributed by atoms with E-state index >= 15 is 0 Å². The number of nitrogens with two attached hydrogens (primary N) is 1. The van der Waals surface area contributed by atoms with Crippen LogP contribution in [0.1, 0.15) is 26.7 Å². The Balaban J connectivity index is 2.09. The van der Waals surface area contributed by atoms with E-state index in [1.54, 1.807) is 0 Å². The second-order valence-corrected chi connectivity index (χ2v) is 6.61. The number of aromatic nitrogens is 1. The molecule has 2 rings (SSSR count). The Kier molecular flexibility index (Phi) is 6.26. The number of rotatable bonds is 4. The minimum atomic E-state index is -0.638. The standard InChI is InChI=1S/C15H21Cl2N5O2/c1-3-9(2)12(18)14(23)21-5-4-6-22(21)15(24)20-13-11(17)7-10(16)8-19-13/h7-9,12H,3-6,18H2,1-2H3,(H,19,20,24). The number of hydrazine groups is 1. The molecule has 9 heteroatoms. The van der Waals surface area contributed by atoms with Gasteiger partial charge in [-0.15, -0.1) is 0 Å². The number of halogens is 2. The fraction of sp³-hybridized carbons (Fsp3) is 0.533.